The topological polar surface area (TPSA) is 115 Å². The highest BCUT2D eigenvalue weighted by atomic mass is 19.4. The van der Waals surface area contributed by atoms with Crippen LogP contribution in [0.3, 0.4) is 0 Å². The number of nitrogens with zero attached hydrogens (tertiary/aromatic N) is 4. The van der Waals surface area contributed by atoms with Gasteiger partial charge in [-0.25, -0.2) is 14.7 Å². The van der Waals surface area contributed by atoms with Crippen molar-refractivity contribution in [1.29, 1.82) is 0 Å². The van der Waals surface area contributed by atoms with E-state index in [9.17, 15) is 18.3 Å². The molecule has 0 spiro atoms. The highest BCUT2D eigenvalue weighted by Crippen LogP contribution is 2.25. The van der Waals surface area contributed by atoms with E-state index in [0.29, 0.717) is 11.0 Å². The summed E-state index contributed by atoms with van der Waals surface area (Å²) >= 11 is 0. The van der Waals surface area contributed by atoms with Crippen LogP contribution in [0.15, 0.2) is 23.7 Å². The van der Waals surface area contributed by atoms with Crippen LogP contribution < -0.4 is 11.5 Å². The van der Waals surface area contributed by atoms with E-state index in [1.165, 1.54) is 0 Å². The lowest BCUT2D eigenvalue weighted by atomic mass is 10.5. The van der Waals surface area contributed by atoms with Gasteiger partial charge < -0.3 is 16.6 Å². The van der Waals surface area contributed by atoms with E-state index in [1.807, 2.05) is 0 Å². The van der Waals surface area contributed by atoms with Gasteiger partial charge in [0.15, 0.2) is 5.84 Å². The zero-order chi connectivity index (χ0) is 13.2. The second kappa shape index (κ2) is 4.41. The molecule has 1 aromatic rings. The summed E-state index contributed by atoms with van der Waals surface area (Å²) < 4.78 is 37.0. The predicted octanol–water partition coefficient (Wildman–Crippen LogP) is -0.425. The molecule has 1 heterocycles. The third kappa shape index (κ3) is 3.17. The minimum atomic E-state index is -4.70. The van der Waals surface area contributed by atoms with Gasteiger partial charge >= 0.3 is 6.18 Å². The molecule has 94 valence electrons. The Balaban J connectivity index is 2.95. The summed E-state index contributed by atoms with van der Waals surface area (Å²) in [6.45, 7) is 3.19. The fourth-order valence-corrected chi connectivity index (χ4v) is 0.882. The minimum Gasteiger partial charge on any atom is -0.384 e. The third-order valence-corrected chi connectivity index (χ3v) is 1.55. The average Bonchev–Trinajstić information content (AvgIpc) is 2.63. The van der Waals surface area contributed by atoms with Gasteiger partial charge in [0.1, 0.15) is 12.1 Å². The fraction of sp³-hybridized carbons (Fsp3) is 0.286. The van der Waals surface area contributed by atoms with Crippen LogP contribution in [0.1, 0.15) is 12.1 Å². The predicted molar refractivity (Wildman–Crippen MR) is 51.2 cm³/mol. The number of hydrogen-bond donors (Lipinski definition) is 3. The molecule has 0 fully saturated rings. The highest BCUT2D eigenvalue weighted by molar-refractivity contribution is 5.83. The molecule has 0 aliphatic heterocycles. The molecule has 1 aromatic heterocycles. The van der Waals surface area contributed by atoms with Crippen molar-refractivity contribution in [2.75, 3.05) is 0 Å². The molecule has 10 heteroatoms. The number of rotatable bonds is 3. The molecular weight excluding hydrogens is 241 g/mol. The molecule has 17 heavy (non-hydrogen) atoms. The van der Waals surface area contributed by atoms with Crippen LogP contribution in [0.4, 0.5) is 13.2 Å². The number of amidine groups is 1. The smallest absolute Gasteiger partial charge is 0.384 e. The molecule has 0 bridgehead atoms. The second-order valence-corrected chi connectivity index (χ2v) is 2.95. The number of alkyl halides is 3. The summed E-state index contributed by atoms with van der Waals surface area (Å²) in [5.41, 5.74) is 10.3. The maximum atomic E-state index is 12.2. The van der Waals surface area contributed by atoms with Crippen LogP contribution in [0.25, 0.3) is 0 Å². The van der Waals surface area contributed by atoms with Crippen molar-refractivity contribution in [2.45, 2.75) is 12.4 Å². The monoisotopic (exact) mass is 250 g/mol. The third-order valence-electron chi connectivity index (χ3n) is 1.55. The van der Waals surface area contributed by atoms with Crippen molar-refractivity contribution in [2.24, 2.45) is 16.5 Å². The first kappa shape index (κ1) is 13.0. The average molecular weight is 250 g/mol. The molecule has 5 N–H and O–H groups in total. The minimum absolute atomic E-state index is 0.197. The van der Waals surface area contributed by atoms with Crippen LogP contribution >= 0.6 is 0 Å². The maximum Gasteiger partial charge on any atom is 0.453 e. The van der Waals surface area contributed by atoms with Crippen molar-refractivity contribution in [1.82, 2.24) is 14.8 Å². The van der Waals surface area contributed by atoms with Crippen LogP contribution in [0.5, 0.6) is 0 Å². The molecule has 0 aromatic carbocycles. The zero-order valence-corrected chi connectivity index (χ0v) is 8.39. The van der Waals surface area contributed by atoms with E-state index in [4.69, 9.17) is 11.5 Å². The van der Waals surface area contributed by atoms with Crippen molar-refractivity contribution >= 4 is 5.84 Å². The summed E-state index contributed by atoms with van der Waals surface area (Å²) in [6, 6.07) is 0. The van der Waals surface area contributed by atoms with Crippen LogP contribution in [-0.2, 0) is 6.18 Å². The maximum absolute atomic E-state index is 12.2. The van der Waals surface area contributed by atoms with E-state index < -0.39 is 24.1 Å². The van der Waals surface area contributed by atoms with Gasteiger partial charge in [-0.1, -0.05) is 6.58 Å². The van der Waals surface area contributed by atoms with Gasteiger partial charge in [0.05, 0.1) is 0 Å². The van der Waals surface area contributed by atoms with Crippen molar-refractivity contribution in [3.8, 4) is 0 Å². The largest absolute Gasteiger partial charge is 0.453 e. The number of aliphatic hydroxyl groups is 1. The van der Waals surface area contributed by atoms with Crippen molar-refractivity contribution in [3.05, 3.63) is 24.6 Å². The molecule has 7 nitrogen and oxygen atoms in total. The number of aromatic nitrogens is 3. The molecule has 0 saturated heterocycles. The van der Waals surface area contributed by atoms with E-state index >= 15 is 0 Å². The SMILES string of the molecule is C=C(N)N=C(N)C(O)n1cnc(C(F)(F)F)n1. The Hall–Kier alpha value is -2.10. The van der Waals surface area contributed by atoms with Crippen molar-refractivity contribution < 1.29 is 18.3 Å². The van der Waals surface area contributed by atoms with Crippen LogP contribution in [0.2, 0.25) is 0 Å². The Morgan fingerprint density at radius 1 is 1.53 bits per heavy atom. The van der Waals surface area contributed by atoms with Gasteiger partial charge in [0, 0.05) is 0 Å². The number of nitrogens with two attached hydrogens (primary N) is 2. The second-order valence-electron chi connectivity index (χ2n) is 2.95. The Morgan fingerprint density at radius 3 is 2.53 bits per heavy atom. The highest BCUT2D eigenvalue weighted by Gasteiger charge is 2.36. The van der Waals surface area contributed by atoms with Gasteiger partial charge in [-0.15, -0.1) is 5.10 Å². The first-order valence-electron chi connectivity index (χ1n) is 4.16. The molecular formula is C7H9F3N6O. The summed E-state index contributed by atoms with van der Waals surface area (Å²) in [5.74, 6) is -2.04. The first-order valence-corrected chi connectivity index (χ1v) is 4.16. The first-order chi connectivity index (χ1) is 7.71. The molecule has 0 saturated carbocycles. The Kier molecular flexibility index (Phi) is 3.36. The normalized spacial score (nSPS) is 14.7. The number of hydrogen-bond acceptors (Lipinski definition) is 5. The number of aliphatic hydroxyl groups excluding tert-OH is 1. The summed E-state index contributed by atoms with van der Waals surface area (Å²) in [4.78, 5) is 6.36. The summed E-state index contributed by atoms with van der Waals surface area (Å²) in [7, 11) is 0. The van der Waals surface area contributed by atoms with E-state index in [1.54, 1.807) is 0 Å². The molecule has 0 amide bonds. The van der Waals surface area contributed by atoms with E-state index in [2.05, 4.69) is 21.7 Å². The Morgan fingerprint density at radius 2 is 2.12 bits per heavy atom. The summed E-state index contributed by atoms with van der Waals surface area (Å²) in [5, 5.41) is 12.5. The number of halogens is 3. The van der Waals surface area contributed by atoms with Crippen molar-refractivity contribution in [3.63, 3.8) is 0 Å². The van der Waals surface area contributed by atoms with Crippen LogP contribution in [0, 0.1) is 0 Å². The zero-order valence-electron chi connectivity index (χ0n) is 8.39. The van der Waals surface area contributed by atoms with Crippen LogP contribution in [-0.4, -0.2) is 25.7 Å². The standard InChI is InChI=1S/C7H9F3N6O/c1-3(11)14-4(12)5(17)16-2-13-6(15-16)7(8,9)10/h2,5,17H,1,11H2,(H2,12,14). The van der Waals surface area contributed by atoms with E-state index in [0.717, 1.165) is 0 Å². The molecule has 0 aliphatic carbocycles. The molecule has 1 atom stereocenters. The Labute approximate surface area is 93.3 Å². The number of aliphatic imine (C=N–C) groups is 1. The van der Waals surface area contributed by atoms with E-state index in [-0.39, 0.29) is 5.82 Å². The molecule has 1 unspecified atom stereocenters. The lowest BCUT2D eigenvalue weighted by Crippen LogP contribution is -2.28. The van der Waals surface area contributed by atoms with Gasteiger partial charge in [0.2, 0.25) is 6.23 Å². The lowest BCUT2D eigenvalue weighted by Gasteiger charge is -2.09. The lowest BCUT2D eigenvalue weighted by molar-refractivity contribution is -0.145. The van der Waals surface area contributed by atoms with Gasteiger partial charge in [-0.3, -0.25) is 0 Å². The fourth-order valence-electron chi connectivity index (χ4n) is 0.882. The van der Waals surface area contributed by atoms with Gasteiger partial charge in [0.25, 0.3) is 5.82 Å². The molecule has 0 radical (unpaired) electrons. The molecule has 1 rings (SSSR count). The molecule has 0 aliphatic rings. The Bertz CT molecular complexity index is 451. The summed E-state index contributed by atoms with van der Waals surface area (Å²) in [6.07, 6.45) is -5.72. The van der Waals surface area contributed by atoms with Gasteiger partial charge in [-0.2, -0.15) is 13.2 Å². The quantitative estimate of drug-likeness (QED) is 0.497. The van der Waals surface area contributed by atoms with Gasteiger partial charge in [-0.05, 0) is 0 Å².